The lowest BCUT2D eigenvalue weighted by Crippen LogP contribution is -2.54. The minimum atomic E-state index is -0.912. The molecule has 3 rings (SSSR count). The highest BCUT2D eigenvalue weighted by Crippen LogP contribution is 2.30. The lowest BCUT2D eigenvalue weighted by atomic mass is 9.98. The zero-order valence-electron chi connectivity index (χ0n) is 16.0. The normalized spacial score (nSPS) is 14.9. The van der Waals surface area contributed by atoms with Crippen molar-refractivity contribution in [2.24, 2.45) is 0 Å². The number of benzene rings is 2. The maximum atomic E-state index is 12.3. The van der Waals surface area contributed by atoms with Crippen molar-refractivity contribution >= 4 is 11.9 Å². The molecule has 1 fully saturated rings. The fourth-order valence-electron chi connectivity index (χ4n) is 3.38. The molecule has 6 heteroatoms. The average Bonchev–Trinajstić information content (AvgIpc) is 3.21. The molecule has 1 N–H and O–H groups in total. The lowest BCUT2D eigenvalue weighted by Gasteiger charge is -2.27. The van der Waals surface area contributed by atoms with Crippen molar-refractivity contribution in [2.75, 3.05) is 13.7 Å². The highest BCUT2D eigenvalue weighted by Gasteiger charge is 2.43. The maximum absolute atomic E-state index is 12.3. The van der Waals surface area contributed by atoms with E-state index < -0.39 is 11.5 Å². The lowest BCUT2D eigenvalue weighted by molar-refractivity contribution is -0.151. The van der Waals surface area contributed by atoms with Gasteiger partial charge in [0, 0.05) is 0 Å². The van der Waals surface area contributed by atoms with Crippen molar-refractivity contribution < 1.29 is 23.8 Å². The topological polar surface area (TPSA) is 73.9 Å². The molecule has 148 valence electrons. The predicted octanol–water partition coefficient (Wildman–Crippen LogP) is 3.25. The smallest absolute Gasteiger partial charge is 0.331 e. The molecule has 0 aromatic heterocycles. The first-order valence-electron chi connectivity index (χ1n) is 9.40. The van der Waals surface area contributed by atoms with Gasteiger partial charge in [-0.25, -0.2) is 4.79 Å². The summed E-state index contributed by atoms with van der Waals surface area (Å²) in [4.78, 5) is 24.3. The van der Waals surface area contributed by atoms with Gasteiger partial charge in [-0.05, 0) is 42.7 Å². The number of amides is 1. The van der Waals surface area contributed by atoms with E-state index in [0.29, 0.717) is 25.2 Å². The van der Waals surface area contributed by atoms with Crippen LogP contribution in [-0.4, -0.2) is 31.1 Å². The van der Waals surface area contributed by atoms with Gasteiger partial charge in [0.05, 0.1) is 7.11 Å². The van der Waals surface area contributed by atoms with Gasteiger partial charge in [0.1, 0.15) is 23.6 Å². The monoisotopic (exact) mass is 383 g/mol. The van der Waals surface area contributed by atoms with Crippen LogP contribution in [0.15, 0.2) is 54.6 Å². The number of carbonyl (C=O) groups excluding carboxylic acids is 2. The Bertz CT molecular complexity index is 782. The Morgan fingerprint density at radius 3 is 2.14 bits per heavy atom. The summed E-state index contributed by atoms with van der Waals surface area (Å²) in [7, 11) is 1.34. The molecule has 28 heavy (non-hydrogen) atoms. The zero-order chi connectivity index (χ0) is 19.8. The first-order valence-corrected chi connectivity index (χ1v) is 9.40. The Morgan fingerprint density at radius 1 is 0.929 bits per heavy atom. The van der Waals surface area contributed by atoms with Gasteiger partial charge in [0.25, 0.3) is 5.91 Å². The maximum Gasteiger partial charge on any atom is 0.331 e. The summed E-state index contributed by atoms with van der Waals surface area (Å²) in [6, 6.07) is 17.0. The first-order chi connectivity index (χ1) is 13.6. The van der Waals surface area contributed by atoms with Gasteiger partial charge in [0.2, 0.25) is 0 Å². The van der Waals surface area contributed by atoms with Gasteiger partial charge in [-0.2, -0.15) is 0 Å². The SMILES string of the molecule is COC(=O)C1(NC(=O)COc2ccc(OCc3ccccc3)cc2)CCCC1. The molecule has 6 nitrogen and oxygen atoms in total. The van der Waals surface area contributed by atoms with Gasteiger partial charge >= 0.3 is 5.97 Å². The number of nitrogens with one attached hydrogen (secondary N) is 1. The summed E-state index contributed by atoms with van der Waals surface area (Å²) in [6.07, 6.45) is 2.97. The van der Waals surface area contributed by atoms with Gasteiger partial charge in [0.15, 0.2) is 6.61 Å². The van der Waals surface area contributed by atoms with Crippen molar-refractivity contribution in [1.82, 2.24) is 5.32 Å². The third-order valence-corrected chi connectivity index (χ3v) is 4.85. The third kappa shape index (κ3) is 5.03. The van der Waals surface area contributed by atoms with E-state index in [2.05, 4.69) is 5.32 Å². The summed E-state index contributed by atoms with van der Waals surface area (Å²) in [5.74, 6) is 0.548. The molecule has 0 radical (unpaired) electrons. The molecule has 0 unspecified atom stereocenters. The molecule has 2 aromatic rings. The standard InChI is InChI=1S/C22H25NO5/c1-26-21(25)22(13-5-6-14-22)23-20(24)16-28-19-11-9-18(10-12-19)27-15-17-7-3-2-4-8-17/h2-4,7-12H,5-6,13-16H2,1H3,(H,23,24). The Labute approximate surface area is 164 Å². The van der Waals surface area contributed by atoms with Crippen LogP contribution in [0.3, 0.4) is 0 Å². The van der Waals surface area contributed by atoms with E-state index in [1.807, 2.05) is 30.3 Å². The second-order valence-electron chi connectivity index (χ2n) is 6.86. The van der Waals surface area contributed by atoms with Gasteiger partial charge in [-0.15, -0.1) is 0 Å². The first kappa shape index (κ1) is 19.7. The molecule has 0 atom stereocenters. The van der Waals surface area contributed by atoms with E-state index in [4.69, 9.17) is 14.2 Å². The minimum absolute atomic E-state index is 0.164. The molecule has 0 saturated heterocycles. The van der Waals surface area contributed by atoms with E-state index in [0.717, 1.165) is 24.2 Å². The highest BCUT2D eigenvalue weighted by atomic mass is 16.5. The van der Waals surface area contributed by atoms with Crippen LogP contribution in [0, 0.1) is 0 Å². The van der Waals surface area contributed by atoms with Crippen LogP contribution in [-0.2, 0) is 20.9 Å². The molecular formula is C22H25NO5. The van der Waals surface area contributed by atoms with Crippen LogP contribution < -0.4 is 14.8 Å². The van der Waals surface area contributed by atoms with Crippen molar-refractivity contribution in [1.29, 1.82) is 0 Å². The summed E-state index contributed by atoms with van der Waals surface area (Å²) < 4.78 is 16.1. The van der Waals surface area contributed by atoms with Crippen LogP contribution in [0.2, 0.25) is 0 Å². The number of methoxy groups -OCH3 is 1. The molecule has 1 amide bonds. The number of ether oxygens (including phenoxy) is 3. The van der Waals surface area contributed by atoms with Crippen molar-refractivity contribution in [3.63, 3.8) is 0 Å². The van der Waals surface area contributed by atoms with E-state index in [1.54, 1.807) is 24.3 Å². The molecule has 0 aliphatic heterocycles. The highest BCUT2D eigenvalue weighted by molar-refractivity contribution is 5.88. The summed E-state index contributed by atoms with van der Waals surface area (Å²) in [6.45, 7) is 0.321. The molecule has 0 spiro atoms. The molecule has 0 heterocycles. The minimum Gasteiger partial charge on any atom is -0.489 e. The Morgan fingerprint density at radius 2 is 1.54 bits per heavy atom. The fourth-order valence-corrected chi connectivity index (χ4v) is 3.38. The van der Waals surface area contributed by atoms with Crippen molar-refractivity contribution in [3.8, 4) is 11.5 Å². The average molecular weight is 383 g/mol. The van der Waals surface area contributed by atoms with E-state index in [9.17, 15) is 9.59 Å². The second kappa shape index (κ2) is 9.26. The number of rotatable bonds is 8. The summed E-state index contributed by atoms with van der Waals surface area (Å²) in [5, 5.41) is 2.80. The van der Waals surface area contributed by atoms with Crippen molar-refractivity contribution in [2.45, 2.75) is 37.8 Å². The van der Waals surface area contributed by atoms with E-state index in [1.165, 1.54) is 7.11 Å². The summed E-state index contributed by atoms with van der Waals surface area (Å²) >= 11 is 0. The molecule has 2 aromatic carbocycles. The molecule has 1 aliphatic rings. The van der Waals surface area contributed by atoms with E-state index >= 15 is 0 Å². The van der Waals surface area contributed by atoms with Crippen LogP contribution >= 0.6 is 0 Å². The second-order valence-corrected chi connectivity index (χ2v) is 6.86. The Balaban J connectivity index is 1.47. The Kier molecular flexibility index (Phi) is 6.53. The number of esters is 1. The largest absolute Gasteiger partial charge is 0.489 e. The number of hydrogen-bond acceptors (Lipinski definition) is 5. The predicted molar refractivity (Wildman–Crippen MR) is 104 cm³/mol. The van der Waals surface area contributed by atoms with Gasteiger partial charge in [-0.1, -0.05) is 43.2 Å². The van der Waals surface area contributed by atoms with Crippen LogP contribution in [0.4, 0.5) is 0 Å². The van der Waals surface area contributed by atoms with Crippen LogP contribution in [0.1, 0.15) is 31.2 Å². The molecule has 0 bridgehead atoms. The van der Waals surface area contributed by atoms with Crippen LogP contribution in [0.25, 0.3) is 0 Å². The Hall–Kier alpha value is -3.02. The summed E-state index contributed by atoms with van der Waals surface area (Å²) in [5.41, 5.74) is 0.176. The third-order valence-electron chi connectivity index (χ3n) is 4.85. The number of hydrogen-bond donors (Lipinski definition) is 1. The quantitative estimate of drug-likeness (QED) is 0.709. The molecule has 1 aliphatic carbocycles. The molecule has 1 saturated carbocycles. The number of carbonyl (C=O) groups is 2. The van der Waals surface area contributed by atoms with Crippen LogP contribution in [0.5, 0.6) is 11.5 Å². The fraction of sp³-hybridized carbons (Fsp3) is 0.364. The van der Waals surface area contributed by atoms with Gasteiger partial charge in [-0.3, -0.25) is 4.79 Å². The molecular weight excluding hydrogens is 358 g/mol. The van der Waals surface area contributed by atoms with E-state index in [-0.39, 0.29) is 12.5 Å². The van der Waals surface area contributed by atoms with Gasteiger partial charge < -0.3 is 19.5 Å². The van der Waals surface area contributed by atoms with Crippen molar-refractivity contribution in [3.05, 3.63) is 60.2 Å². The zero-order valence-corrected chi connectivity index (χ0v) is 16.0.